The normalized spacial score (nSPS) is 13.6. The van der Waals surface area contributed by atoms with Crippen molar-refractivity contribution in [3.05, 3.63) is 35.9 Å². The van der Waals surface area contributed by atoms with Gasteiger partial charge in [0, 0.05) is 25.2 Å². The Bertz CT molecular complexity index is 313. The number of benzene rings is 1. The molecule has 0 aliphatic heterocycles. The van der Waals surface area contributed by atoms with E-state index < -0.39 is 0 Å². The molecule has 0 aliphatic carbocycles. The maximum absolute atomic E-state index is 5.24. The monoisotopic (exact) mass is 249 g/mol. The fourth-order valence-electron chi connectivity index (χ4n) is 2.34. The molecule has 2 nitrogen and oxygen atoms in total. The molecule has 1 unspecified atom stereocenters. The van der Waals surface area contributed by atoms with Crippen LogP contribution in [0.25, 0.3) is 0 Å². The average molecular weight is 249 g/mol. The van der Waals surface area contributed by atoms with E-state index in [4.69, 9.17) is 4.74 Å². The highest BCUT2D eigenvalue weighted by Gasteiger charge is 2.30. The second-order valence-electron chi connectivity index (χ2n) is 5.38. The quantitative estimate of drug-likeness (QED) is 0.762. The van der Waals surface area contributed by atoms with Crippen LogP contribution in [0.4, 0.5) is 0 Å². The molecule has 1 atom stereocenters. The summed E-state index contributed by atoms with van der Waals surface area (Å²) in [5.74, 6) is 0. The minimum Gasteiger partial charge on any atom is -0.385 e. The van der Waals surface area contributed by atoms with Crippen LogP contribution in [0.15, 0.2) is 30.3 Å². The van der Waals surface area contributed by atoms with Gasteiger partial charge in [0.05, 0.1) is 0 Å². The summed E-state index contributed by atoms with van der Waals surface area (Å²) in [7, 11) is 1.77. The molecule has 1 rings (SSSR count). The summed E-state index contributed by atoms with van der Waals surface area (Å²) in [6.45, 7) is 8.69. The summed E-state index contributed by atoms with van der Waals surface area (Å²) in [6, 6.07) is 11.2. The Kier molecular flexibility index (Phi) is 6.37. The molecule has 0 radical (unpaired) electrons. The second kappa shape index (κ2) is 7.55. The van der Waals surface area contributed by atoms with Crippen molar-refractivity contribution in [1.82, 2.24) is 5.32 Å². The van der Waals surface area contributed by atoms with Gasteiger partial charge in [0.15, 0.2) is 0 Å². The topological polar surface area (TPSA) is 21.3 Å². The van der Waals surface area contributed by atoms with E-state index in [1.165, 1.54) is 5.56 Å². The predicted molar refractivity (Wildman–Crippen MR) is 78.0 cm³/mol. The SMILES string of the molecule is CCCNC(CCOC)C(C)(C)c1ccccc1. The molecule has 18 heavy (non-hydrogen) atoms. The van der Waals surface area contributed by atoms with Gasteiger partial charge in [0.25, 0.3) is 0 Å². The van der Waals surface area contributed by atoms with Crippen molar-refractivity contribution in [2.75, 3.05) is 20.3 Å². The zero-order valence-corrected chi connectivity index (χ0v) is 12.2. The second-order valence-corrected chi connectivity index (χ2v) is 5.38. The van der Waals surface area contributed by atoms with E-state index in [0.717, 1.165) is 26.0 Å². The van der Waals surface area contributed by atoms with Crippen LogP contribution in [-0.2, 0) is 10.2 Å². The van der Waals surface area contributed by atoms with Gasteiger partial charge in [-0.1, -0.05) is 51.1 Å². The van der Waals surface area contributed by atoms with Crippen molar-refractivity contribution < 1.29 is 4.74 Å². The molecular formula is C16H27NO. The third kappa shape index (κ3) is 4.11. The summed E-state index contributed by atoms with van der Waals surface area (Å²) in [5, 5.41) is 3.66. The maximum atomic E-state index is 5.24. The molecule has 1 aromatic carbocycles. The van der Waals surface area contributed by atoms with Crippen molar-refractivity contribution in [3.63, 3.8) is 0 Å². The molecule has 0 saturated carbocycles. The molecule has 0 bridgehead atoms. The lowest BCUT2D eigenvalue weighted by Gasteiger charge is -2.36. The zero-order chi connectivity index (χ0) is 13.4. The summed E-state index contributed by atoms with van der Waals surface area (Å²) in [4.78, 5) is 0. The smallest absolute Gasteiger partial charge is 0.0477 e. The Morgan fingerprint density at radius 1 is 1.22 bits per heavy atom. The van der Waals surface area contributed by atoms with Crippen LogP contribution in [0.5, 0.6) is 0 Å². The van der Waals surface area contributed by atoms with Gasteiger partial charge < -0.3 is 10.1 Å². The highest BCUT2D eigenvalue weighted by molar-refractivity contribution is 5.25. The van der Waals surface area contributed by atoms with Crippen LogP contribution in [-0.4, -0.2) is 26.3 Å². The van der Waals surface area contributed by atoms with Crippen molar-refractivity contribution in [1.29, 1.82) is 0 Å². The van der Waals surface area contributed by atoms with E-state index in [1.54, 1.807) is 7.11 Å². The summed E-state index contributed by atoms with van der Waals surface area (Å²) >= 11 is 0. The first-order valence-corrected chi connectivity index (χ1v) is 6.90. The van der Waals surface area contributed by atoms with Crippen LogP contribution in [0.1, 0.15) is 39.2 Å². The minimum absolute atomic E-state index is 0.120. The lowest BCUT2D eigenvalue weighted by atomic mass is 9.76. The molecule has 102 valence electrons. The lowest BCUT2D eigenvalue weighted by Crippen LogP contribution is -2.45. The third-order valence-electron chi connectivity index (χ3n) is 3.64. The average Bonchev–Trinajstić information content (AvgIpc) is 2.39. The van der Waals surface area contributed by atoms with E-state index in [9.17, 15) is 0 Å². The number of nitrogens with one attached hydrogen (secondary N) is 1. The van der Waals surface area contributed by atoms with Crippen LogP contribution in [0.3, 0.4) is 0 Å². The van der Waals surface area contributed by atoms with Gasteiger partial charge in [-0.25, -0.2) is 0 Å². The molecule has 1 aromatic rings. The maximum Gasteiger partial charge on any atom is 0.0477 e. The van der Waals surface area contributed by atoms with Crippen LogP contribution in [0, 0.1) is 0 Å². The number of ether oxygens (including phenoxy) is 1. The van der Waals surface area contributed by atoms with Crippen molar-refractivity contribution >= 4 is 0 Å². The summed E-state index contributed by atoms with van der Waals surface area (Å²) < 4.78 is 5.24. The molecule has 0 aliphatic rings. The number of hydrogen-bond acceptors (Lipinski definition) is 2. The first-order valence-electron chi connectivity index (χ1n) is 6.90. The summed E-state index contributed by atoms with van der Waals surface area (Å²) in [6.07, 6.45) is 2.20. The number of rotatable bonds is 8. The van der Waals surface area contributed by atoms with Crippen molar-refractivity contribution in [2.45, 2.75) is 45.1 Å². The van der Waals surface area contributed by atoms with Crippen molar-refractivity contribution in [3.8, 4) is 0 Å². The molecular weight excluding hydrogens is 222 g/mol. The molecule has 1 N–H and O–H groups in total. The first-order chi connectivity index (χ1) is 8.62. The standard InChI is InChI=1S/C16H27NO/c1-5-12-17-15(11-13-18-4)16(2,3)14-9-7-6-8-10-14/h6-10,15,17H,5,11-13H2,1-4H3. The van der Waals surface area contributed by atoms with Crippen LogP contribution < -0.4 is 5.32 Å². The van der Waals surface area contributed by atoms with Crippen molar-refractivity contribution in [2.24, 2.45) is 0 Å². The number of methoxy groups -OCH3 is 1. The highest BCUT2D eigenvalue weighted by Crippen LogP contribution is 2.28. The zero-order valence-electron chi connectivity index (χ0n) is 12.2. The third-order valence-corrected chi connectivity index (χ3v) is 3.64. The molecule has 0 heterocycles. The lowest BCUT2D eigenvalue weighted by molar-refractivity contribution is 0.167. The number of hydrogen-bond donors (Lipinski definition) is 1. The minimum atomic E-state index is 0.120. The van der Waals surface area contributed by atoms with Crippen LogP contribution in [0.2, 0.25) is 0 Å². The predicted octanol–water partition coefficient (Wildman–Crippen LogP) is 3.37. The Balaban J connectivity index is 2.80. The Morgan fingerprint density at radius 2 is 1.89 bits per heavy atom. The fraction of sp³-hybridized carbons (Fsp3) is 0.625. The van der Waals surface area contributed by atoms with Gasteiger partial charge in [0.2, 0.25) is 0 Å². The molecule has 0 aromatic heterocycles. The molecule has 0 saturated heterocycles. The summed E-state index contributed by atoms with van der Waals surface area (Å²) in [5.41, 5.74) is 1.50. The molecule has 0 spiro atoms. The van der Waals surface area contributed by atoms with Gasteiger partial charge in [-0.05, 0) is 24.9 Å². The van der Waals surface area contributed by atoms with E-state index in [1.807, 2.05) is 0 Å². The molecule has 0 amide bonds. The Labute approximate surface area is 112 Å². The van der Waals surface area contributed by atoms with Gasteiger partial charge >= 0.3 is 0 Å². The van der Waals surface area contributed by atoms with Crippen LogP contribution >= 0.6 is 0 Å². The Morgan fingerprint density at radius 3 is 2.44 bits per heavy atom. The highest BCUT2D eigenvalue weighted by atomic mass is 16.5. The Hall–Kier alpha value is -0.860. The fourth-order valence-corrected chi connectivity index (χ4v) is 2.34. The van der Waals surface area contributed by atoms with E-state index in [2.05, 4.69) is 56.4 Å². The van der Waals surface area contributed by atoms with Gasteiger partial charge in [-0.15, -0.1) is 0 Å². The largest absolute Gasteiger partial charge is 0.385 e. The molecule has 2 heteroatoms. The first kappa shape index (κ1) is 15.2. The van der Waals surface area contributed by atoms with Gasteiger partial charge in [-0.2, -0.15) is 0 Å². The molecule has 0 fully saturated rings. The van der Waals surface area contributed by atoms with Gasteiger partial charge in [0.1, 0.15) is 0 Å². The van der Waals surface area contributed by atoms with E-state index in [0.29, 0.717) is 6.04 Å². The van der Waals surface area contributed by atoms with Gasteiger partial charge in [-0.3, -0.25) is 0 Å². The van der Waals surface area contributed by atoms with E-state index >= 15 is 0 Å². The van der Waals surface area contributed by atoms with E-state index in [-0.39, 0.29) is 5.41 Å².